The van der Waals surface area contributed by atoms with Gasteiger partial charge < -0.3 is 9.80 Å². The molecule has 0 amide bonds. The van der Waals surface area contributed by atoms with E-state index in [2.05, 4.69) is 213 Å². The summed E-state index contributed by atoms with van der Waals surface area (Å²) in [5.41, 5.74) is 14.6. The third kappa shape index (κ3) is 6.41. The van der Waals surface area contributed by atoms with E-state index in [0.717, 1.165) is 34.1 Å². The molecule has 0 atom stereocenters. The fourth-order valence-electron chi connectivity index (χ4n) is 7.01. The van der Waals surface area contributed by atoms with Crippen LogP contribution in [0, 0.1) is 20.8 Å². The Morgan fingerprint density at radius 1 is 0.333 bits per heavy atom. The van der Waals surface area contributed by atoms with Gasteiger partial charge >= 0.3 is 0 Å². The van der Waals surface area contributed by atoms with Crippen LogP contribution in [0.15, 0.2) is 182 Å². The van der Waals surface area contributed by atoms with Gasteiger partial charge in [-0.1, -0.05) is 142 Å². The minimum Gasteiger partial charge on any atom is -0.311 e. The molecule has 0 radical (unpaired) electrons. The summed E-state index contributed by atoms with van der Waals surface area (Å²) in [5, 5.41) is 0. The van der Waals surface area contributed by atoms with Gasteiger partial charge in [-0.05, 0) is 93.6 Å². The zero-order valence-electron chi connectivity index (χ0n) is 27.8. The van der Waals surface area contributed by atoms with Crippen molar-refractivity contribution >= 4 is 57.2 Å². The fourth-order valence-corrected chi connectivity index (χ4v) is 7.01. The second-order valence-electron chi connectivity index (χ2n) is 12.4. The molecule has 0 aliphatic heterocycles. The topological polar surface area (TPSA) is 6.48 Å². The first-order chi connectivity index (χ1) is 23.6. The number of aryl methyl sites for hydroxylation is 3. The van der Waals surface area contributed by atoms with E-state index in [-0.39, 0.29) is 6.71 Å². The van der Waals surface area contributed by atoms with Crippen LogP contribution >= 0.6 is 0 Å². The van der Waals surface area contributed by atoms with Crippen LogP contribution < -0.4 is 26.2 Å². The minimum atomic E-state index is 0.0810. The minimum absolute atomic E-state index is 0.0810. The van der Waals surface area contributed by atoms with E-state index in [1.807, 2.05) is 0 Å². The molecule has 0 heterocycles. The summed E-state index contributed by atoms with van der Waals surface area (Å²) < 4.78 is 0. The number of hydrogen-bond acceptors (Lipinski definition) is 2. The Hall–Kier alpha value is -5.80. The molecule has 7 aromatic carbocycles. The largest absolute Gasteiger partial charge is 0.311 e. The zero-order valence-corrected chi connectivity index (χ0v) is 27.8. The van der Waals surface area contributed by atoms with Crippen molar-refractivity contribution in [2.75, 3.05) is 9.80 Å². The molecular formula is C45H39BN2. The highest BCUT2D eigenvalue weighted by atomic mass is 15.1. The molecule has 0 unspecified atom stereocenters. The molecule has 0 N–H and O–H groups in total. The standard InChI is InChI=1S/C45H39BN2/c1-34-32-35(2)45(36(3)33-34)46(37-24-28-43(29-25-37)47(39-16-8-4-9-17-39)40-18-10-5-11-19-40)38-26-30-44(31-27-38)48(41-20-12-6-13-21-41)42-22-14-7-15-23-42/h4-33H,1-3H3. The van der Waals surface area contributed by atoms with Crippen molar-refractivity contribution < 1.29 is 0 Å². The highest BCUT2D eigenvalue weighted by molar-refractivity contribution is 6.96. The van der Waals surface area contributed by atoms with Gasteiger partial charge in [-0.2, -0.15) is 0 Å². The lowest BCUT2D eigenvalue weighted by Gasteiger charge is -2.27. The summed E-state index contributed by atoms with van der Waals surface area (Å²) in [6.45, 7) is 6.78. The molecule has 2 nitrogen and oxygen atoms in total. The molecule has 7 aromatic rings. The maximum atomic E-state index is 2.32. The predicted octanol–water partition coefficient (Wildman–Crippen LogP) is 10.1. The van der Waals surface area contributed by atoms with Gasteiger partial charge in [0, 0.05) is 34.1 Å². The van der Waals surface area contributed by atoms with Gasteiger partial charge in [0.1, 0.15) is 0 Å². The third-order valence-electron chi connectivity index (χ3n) is 9.05. The van der Waals surface area contributed by atoms with E-state index in [1.54, 1.807) is 0 Å². The fraction of sp³-hybridized carbons (Fsp3) is 0.0667. The van der Waals surface area contributed by atoms with Crippen molar-refractivity contribution in [2.24, 2.45) is 0 Å². The number of rotatable bonds is 9. The lowest BCUT2D eigenvalue weighted by atomic mass is 9.35. The molecule has 0 fully saturated rings. The molecule has 0 aliphatic rings. The highest BCUT2D eigenvalue weighted by Gasteiger charge is 2.26. The Bertz CT molecular complexity index is 1850. The maximum Gasteiger partial charge on any atom is 0.241 e. The lowest BCUT2D eigenvalue weighted by Crippen LogP contribution is -2.54. The molecule has 0 spiro atoms. The molecule has 232 valence electrons. The molecule has 0 aromatic heterocycles. The summed E-state index contributed by atoms with van der Waals surface area (Å²) >= 11 is 0. The van der Waals surface area contributed by atoms with Crippen LogP contribution in [-0.4, -0.2) is 6.71 Å². The number of para-hydroxylation sites is 4. The van der Waals surface area contributed by atoms with Gasteiger partial charge in [0.05, 0.1) is 0 Å². The van der Waals surface area contributed by atoms with Crippen LogP contribution in [0.25, 0.3) is 0 Å². The average molecular weight is 619 g/mol. The Labute approximate surface area is 285 Å². The molecule has 0 saturated carbocycles. The maximum absolute atomic E-state index is 2.32. The zero-order chi connectivity index (χ0) is 32.9. The molecule has 48 heavy (non-hydrogen) atoms. The second-order valence-corrected chi connectivity index (χ2v) is 12.4. The first kappa shape index (κ1) is 30.8. The molecule has 0 aliphatic carbocycles. The number of hydrogen-bond donors (Lipinski definition) is 0. The van der Waals surface area contributed by atoms with E-state index in [1.165, 1.54) is 33.1 Å². The quantitative estimate of drug-likeness (QED) is 0.149. The van der Waals surface area contributed by atoms with Gasteiger partial charge in [0.2, 0.25) is 6.71 Å². The number of benzene rings is 7. The monoisotopic (exact) mass is 618 g/mol. The molecule has 0 saturated heterocycles. The third-order valence-corrected chi connectivity index (χ3v) is 9.05. The van der Waals surface area contributed by atoms with Crippen molar-refractivity contribution in [1.29, 1.82) is 0 Å². The predicted molar refractivity (Wildman–Crippen MR) is 208 cm³/mol. The molecule has 7 rings (SSSR count). The lowest BCUT2D eigenvalue weighted by molar-refractivity contribution is 1.28. The first-order valence-corrected chi connectivity index (χ1v) is 16.6. The Balaban J connectivity index is 1.32. The van der Waals surface area contributed by atoms with Crippen LogP contribution in [0.4, 0.5) is 34.1 Å². The van der Waals surface area contributed by atoms with E-state index in [0.29, 0.717) is 0 Å². The first-order valence-electron chi connectivity index (χ1n) is 16.6. The van der Waals surface area contributed by atoms with Crippen molar-refractivity contribution in [3.63, 3.8) is 0 Å². The van der Waals surface area contributed by atoms with Crippen molar-refractivity contribution in [1.82, 2.24) is 0 Å². The van der Waals surface area contributed by atoms with Crippen LogP contribution in [0.1, 0.15) is 16.7 Å². The highest BCUT2D eigenvalue weighted by Crippen LogP contribution is 2.35. The van der Waals surface area contributed by atoms with Crippen LogP contribution in [0.5, 0.6) is 0 Å². The van der Waals surface area contributed by atoms with Gasteiger partial charge in [-0.15, -0.1) is 0 Å². The van der Waals surface area contributed by atoms with Gasteiger partial charge in [-0.25, -0.2) is 0 Å². The SMILES string of the molecule is Cc1cc(C)c(B(c2ccc(N(c3ccccc3)c3ccccc3)cc2)c2ccc(N(c3ccccc3)c3ccccc3)cc2)c(C)c1. The molecule has 3 heteroatoms. The Kier molecular flexibility index (Phi) is 8.93. The second kappa shape index (κ2) is 13.9. The van der Waals surface area contributed by atoms with Crippen LogP contribution in [-0.2, 0) is 0 Å². The average Bonchev–Trinajstić information content (AvgIpc) is 3.13. The molecular weight excluding hydrogens is 579 g/mol. The Morgan fingerprint density at radius 2 is 0.604 bits per heavy atom. The number of nitrogens with zero attached hydrogens (tertiary/aromatic N) is 2. The number of anilines is 6. The molecule has 0 bridgehead atoms. The van der Waals surface area contributed by atoms with Gasteiger partial charge in [0.15, 0.2) is 0 Å². The Morgan fingerprint density at radius 3 is 0.896 bits per heavy atom. The summed E-state index contributed by atoms with van der Waals surface area (Å²) in [6, 6.07) is 65.3. The van der Waals surface area contributed by atoms with Crippen molar-refractivity contribution in [3.05, 3.63) is 199 Å². The van der Waals surface area contributed by atoms with E-state index in [4.69, 9.17) is 0 Å². The smallest absolute Gasteiger partial charge is 0.241 e. The van der Waals surface area contributed by atoms with E-state index in [9.17, 15) is 0 Å². The summed E-state index contributed by atoms with van der Waals surface area (Å²) in [4.78, 5) is 4.63. The summed E-state index contributed by atoms with van der Waals surface area (Å²) in [7, 11) is 0. The van der Waals surface area contributed by atoms with E-state index < -0.39 is 0 Å². The van der Waals surface area contributed by atoms with Crippen molar-refractivity contribution in [2.45, 2.75) is 20.8 Å². The van der Waals surface area contributed by atoms with E-state index >= 15 is 0 Å². The van der Waals surface area contributed by atoms with Crippen LogP contribution in [0.2, 0.25) is 0 Å². The van der Waals surface area contributed by atoms with Gasteiger partial charge in [-0.3, -0.25) is 0 Å². The van der Waals surface area contributed by atoms with Crippen LogP contribution in [0.3, 0.4) is 0 Å². The summed E-state index contributed by atoms with van der Waals surface area (Å²) in [6.07, 6.45) is 0. The summed E-state index contributed by atoms with van der Waals surface area (Å²) in [5.74, 6) is 0. The van der Waals surface area contributed by atoms with Gasteiger partial charge in [0.25, 0.3) is 0 Å². The normalized spacial score (nSPS) is 10.8. The van der Waals surface area contributed by atoms with Crippen molar-refractivity contribution in [3.8, 4) is 0 Å².